The summed E-state index contributed by atoms with van der Waals surface area (Å²) in [7, 11) is 0. The number of aryl methyl sites for hydroxylation is 1. The smallest absolute Gasteiger partial charge is 0.129 e. The maximum absolute atomic E-state index is 6.59. The molecule has 0 bridgehead atoms. The Bertz CT molecular complexity index is 792. The molecular weight excluding hydrogens is 344 g/mol. The minimum atomic E-state index is 0.0661. The Morgan fingerprint density at radius 1 is 1.04 bits per heavy atom. The van der Waals surface area contributed by atoms with Crippen molar-refractivity contribution in [1.29, 1.82) is 0 Å². The lowest BCUT2D eigenvalue weighted by molar-refractivity contribution is -0.0336. The molecule has 26 heavy (non-hydrogen) atoms. The van der Waals surface area contributed by atoms with Crippen molar-refractivity contribution < 1.29 is 4.74 Å². The highest BCUT2D eigenvalue weighted by Gasteiger charge is 2.41. The van der Waals surface area contributed by atoms with E-state index in [0.29, 0.717) is 5.15 Å². The number of hydrogen-bond acceptors (Lipinski definition) is 3. The van der Waals surface area contributed by atoms with Crippen molar-refractivity contribution in [3.63, 3.8) is 0 Å². The Balaban J connectivity index is 1.31. The molecule has 3 nitrogen and oxygen atoms in total. The van der Waals surface area contributed by atoms with Gasteiger partial charge in [-0.2, -0.15) is 0 Å². The van der Waals surface area contributed by atoms with Gasteiger partial charge in [0.05, 0.1) is 0 Å². The molecule has 1 saturated heterocycles. The van der Waals surface area contributed by atoms with Gasteiger partial charge in [-0.3, -0.25) is 0 Å². The minimum absolute atomic E-state index is 0.0661. The predicted octanol–water partition coefficient (Wildman–Crippen LogP) is 5.11. The van der Waals surface area contributed by atoms with Crippen LogP contribution in [0.1, 0.15) is 44.1 Å². The van der Waals surface area contributed by atoms with E-state index in [0.717, 1.165) is 30.2 Å². The van der Waals surface area contributed by atoms with Crippen LogP contribution in [0.3, 0.4) is 0 Å². The molecule has 0 N–H and O–H groups in total. The van der Waals surface area contributed by atoms with Gasteiger partial charge < -0.3 is 9.64 Å². The number of piperidine rings is 1. The average Bonchev–Trinajstić information content (AvgIpc) is 2.63. The third kappa shape index (κ3) is 3.01. The van der Waals surface area contributed by atoms with Crippen molar-refractivity contribution in [3.05, 3.63) is 47.2 Å². The Labute approximate surface area is 160 Å². The van der Waals surface area contributed by atoms with Crippen LogP contribution in [0.15, 0.2) is 36.5 Å². The maximum Gasteiger partial charge on any atom is 0.129 e. The largest absolute Gasteiger partial charge is 0.487 e. The van der Waals surface area contributed by atoms with Gasteiger partial charge in [-0.15, -0.1) is 0 Å². The molecule has 1 aliphatic carbocycles. The van der Waals surface area contributed by atoms with Crippen molar-refractivity contribution in [2.45, 2.75) is 56.6 Å². The van der Waals surface area contributed by atoms with Crippen molar-refractivity contribution in [2.24, 2.45) is 0 Å². The summed E-state index contributed by atoms with van der Waals surface area (Å²) in [5, 5.41) is 0.533. The maximum atomic E-state index is 6.59. The number of halogens is 1. The number of ether oxygens (including phenoxy) is 1. The number of hydrogen-bond donors (Lipinski definition) is 0. The topological polar surface area (TPSA) is 25.4 Å². The van der Waals surface area contributed by atoms with Gasteiger partial charge in [-0.25, -0.2) is 4.98 Å². The monoisotopic (exact) mass is 368 g/mol. The molecule has 0 radical (unpaired) electrons. The summed E-state index contributed by atoms with van der Waals surface area (Å²) < 4.78 is 6.59. The lowest BCUT2D eigenvalue weighted by Crippen LogP contribution is -2.53. The van der Waals surface area contributed by atoms with Crippen LogP contribution in [0.25, 0.3) is 11.1 Å². The van der Waals surface area contributed by atoms with E-state index in [-0.39, 0.29) is 5.60 Å². The molecule has 1 aromatic carbocycles. The van der Waals surface area contributed by atoms with E-state index >= 15 is 0 Å². The second kappa shape index (κ2) is 6.54. The number of likely N-dealkylation sites (tertiary alicyclic amines) is 1. The summed E-state index contributed by atoms with van der Waals surface area (Å²) in [5.41, 5.74) is 3.68. The first kappa shape index (κ1) is 16.6. The molecule has 4 heteroatoms. The molecule has 5 rings (SSSR count). The summed E-state index contributed by atoms with van der Waals surface area (Å²) >= 11 is 5.91. The lowest BCUT2D eigenvalue weighted by Gasteiger charge is -2.48. The molecule has 3 heterocycles. The number of rotatable bonds is 2. The third-order valence-corrected chi connectivity index (χ3v) is 6.82. The number of pyridine rings is 1. The van der Waals surface area contributed by atoms with Crippen LogP contribution in [0, 0.1) is 0 Å². The van der Waals surface area contributed by atoms with Gasteiger partial charge >= 0.3 is 0 Å². The quantitative estimate of drug-likeness (QED) is 0.688. The van der Waals surface area contributed by atoms with Gasteiger partial charge in [-0.1, -0.05) is 24.1 Å². The van der Waals surface area contributed by atoms with Crippen LogP contribution in [0.4, 0.5) is 0 Å². The van der Waals surface area contributed by atoms with Crippen molar-refractivity contribution >= 4 is 11.6 Å². The highest BCUT2D eigenvalue weighted by Crippen LogP contribution is 2.42. The second-order valence-electron chi connectivity index (χ2n) is 8.10. The Kier molecular flexibility index (Phi) is 4.17. The standard InChI is InChI=1S/C22H25ClN2O/c23-21-7-5-18(15-24-21)16-4-6-20-17(14-16)8-9-22(26-20)10-12-25(13-11-22)19-2-1-3-19/h4-7,14-15,19H,1-3,8-13H2. The van der Waals surface area contributed by atoms with E-state index in [9.17, 15) is 0 Å². The fourth-order valence-corrected chi connectivity index (χ4v) is 4.76. The van der Waals surface area contributed by atoms with Crippen LogP contribution in [0.5, 0.6) is 5.75 Å². The Hall–Kier alpha value is -1.58. The van der Waals surface area contributed by atoms with Crippen LogP contribution in [-0.4, -0.2) is 34.6 Å². The molecule has 1 saturated carbocycles. The Morgan fingerprint density at radius 2 is 1.85 bits per heavy atom. The van der Waals surface area contributed by atoms with Crippen molar-refractivity contribution in [2.75, 3.05) is 13.1 Å². The molecule has 0 amide bonds. The van der Waals surface area contributed by atoms with E-state index in [1.165, 1.54) is 56.3 Å². The van der Waals surface area contributed by atoms with Gasteiger partial charge in [0.15, 0.2) is 0 Å². The summed E-state index contributed by atoms with van der Waals surface area (Å²) in [5.74, 6) is 1.08. The molecular formula is C22H25ClN2O. The Morgan fingerprint density at radius 3 is 2.54 bits per heavy atom. The first-order valence-corrected chi connectivity index (χ1v) is 10.3. The number of fused-ring (bicyclic) bond motifs is 1. The summed E-state index contributed by atoms with van der Waals surface area (Å²) in [6, 6.07) is 11.3. The zero-order valence-electron chi connectivity index (χ0n) is 15.1. The molecule has 1 aromatic heterocycles. The van der Waals surface area contributed by atoms with Crippen molar-refractivity contribution in [3.8, 4) is 16.9 Å². The molecule has 0 unspecified atom stereocenters. The van der Waals surface area contributed by atoms with Crippen LogP contribution in [0.2, 0.25) is 5.15 Å². The van der Waals surface area contributed by atoms with E-state index in [1.54, 1.807) is 0 Å². The molecule has 0 atom stereocenters. The second-order valence-corrected chi connectivity index (χ2v) is 8.49. The average molecular weight is 369 g/mol. The van der Waals surface area contributed by atoms with E-state index in [4.69, 9.17) is 16.3 Å². The van der Waals surface area contributed by atoms with Crippen LogP contribution < -0.4 is 4.74 Å². The summed E-state index contributed by atoms with van der Waals surface area (Å²) in [6.45, 7) is 2.41. The number of aromatic nitrogens is 1. The highest BCUT2D eigenvalue weighted by molar-refractivity contribution is 6.29. The first-order valence-electron chi connectivity index (χ1n) is 9.89. The molecule has 3 aliphatic rings. The fourth-order valence-electron chi connectivity index (χ4n) is 4.65. The third-order valence-electron chi connectivity index (χ3n) is 6.60. The van der Waals surface area contributed by atoms with Crippen LogP contribution in [-0.2, 0) is 6.42 Å². The fraction of sp³-hybridized carbons (Fsp3) is 0.500. The van der Waals surface area contributed by atoms with Crippen LogP contribution >= 0.6 is 11.6 Å². The normalized spacial score (nSPS) is 22.5. The zero-order chi connectivity index (χ0) is 17.6. The summed E-state index contributed by atoms with van der Waals surface area (Å²) in [4.78, 5) is 6.90. The molecule has 2 aliphatic heterocycles. The van der Waals surface area contributed by atoms with E-state index < -0.39 is 0 Å². The van der Waals surface area contributed by atoms with Gasteiger partial charge in [0.1, 0.15) is 16.5 Å². The minimum Gasteiger partial charge on any atom is -0.487 e. The molecule has 2 aromatic rings. The van der Waals surface area contributed by atoms with Gasteiger partial charge in [0, 0.05) is 30.9 Å². The summed E-state index contributed by atoms with van der Waals surface area (Å²) in [6.07, 6.45) is 10.6. The van der Waals surface area contributed by atoms with E-state index in [1.807, 2.05) is 18.3 Å². The lowest BCUT2D eigenvalue weighted by atomic mass is 9.81. The predicted molar refractivity (Wildman–Crippen MR) is 105 cm³/mol. The molecule has 2 fully saturated rings. The SMILES string of the molecule is Clc1ccc(-c2ccc3c(c2)CCC2(CCN(C4CCC4)CC2)O3)cn1. The van der Waals surface area contributed by atoms with Gasteiger partial charge in [0.25, 0.3) is 0 Å². The molecule has 1 spiro atoms. The van der Waals surface area contributed by atoms with Gasteiger partial charge in [-0.05, 0) is 73.9 Å². The number of nitrogens with zero attached hydrogens (tertiary/aromatic N) is 2. The number of benzene rings is 1. The first-order chi connectivity index (χ1) is 12.7. The van der Waals surface area contributed by atoms with E-state index in [2.05, 4.69) is 28.1 Å². The van der Waals surface area contributed by atoms with Crippen molar-refractivity contribution in [1.82, 2.24) is 9.88 Å². The zero-order valence-corrected chi connectivity index (χ0v) is 15.8. The molecule has 136 valence electrons. The van der Waals surface area contributed by atoms with Gasteiger partial charge in [0.2, 0.25) is 0 Å². The highest BCUT2D eigenvalue weighted by atomic mass is 35.5.